The zero-order valence-electron chi connectivity index (χ0n) is 14.0. The Morgan fingerprint density at radius 3 is 2.35 bits per heavy atom. The van der Waals surface area contributed by atoms with Crippen molar-refractivity contribution in [3.05, 3.63) is 89.6 Å². The Morgan fingerprint density at radius 2 is 1.58 bits per heavy atom. The lowest BCUT2D eigenvalue weighted by Crippen LogP contribution is -2.07. The normalized spacial score (nSPS) is 10.9. The second kappa shape index (κ2) is 7.81. The van der Waals surface area contributed by atoms with Crippen molar-refractivity contribution in [3.8, 4) is 6.07 Å². The van der Waals surface area contributed by atoms with Crippen LogP contribution < -0.4 is 5.32 Å². The fourth-order valence-corrected chi connectivity index (χ4v) is 4.08. The molecule has 0 saturated carbocycles. The number of rotatable bonds is 6. The molecule has 0 radical (unpaired) electrons. The highest BCUT2D eigenvalue weighted by Gasteiger charge is 2.13. The second-order valence-electron chi connectivity index (χ2n) is 5.86. The van der Waals surface area contributed by atoms with Crippen molar-refractivity contribution in [2.24, 2.45) is 0 Å². The molecule has 6 heteroatoms. The molecule has 130 valence electrons. The molecule has 0 spiro atoms. The van der Waals surface area contributed by atoms with Crippen molar-refractivity contribution in [1.82, 2.24) is 4.98 Å². The number of pyridine rings is 1. The molecule has 3 rings (SSSR count). The fraction of sp³-hybridized carbons (Fsp3) is 0.100. The van der Waals surface area contributed by atoms with Crippen LogP contribution in [0, 0.1) is 11.3 Å². The summed E-state index contributed by atoms with van der Waals surface area (Å²) >= 11 is 0. The van der Waals surface area contributed by atoms with Gasteiger partial charge in [-0.2, -0.15) is 5.26 Å². The third-order valence-corrected chi connectivity index (χ3v) is 5.23. The average molecular weight is 363 g/mol. The van der Waals surface area contributed by atoms with Gasteiger partial charge in [-0.25, -0.2) is 13.4 Å². The summed E-state index contributed by atoms with van der Waals surface area (Å²) in [6.07, 6.45) is 0. The van der Waals surface area contributed by atoms with Gasteiger partial charge in [0.1, 0.15) is 17.6 Å². The summed E-state index contributed by atoms with van der Waals surface area (Å²) in [5.74, 6) is 0.508. The first-order chi connectivity index (χ1) is 12.5. The molecule has 0 aliphatic carbocycles. The van der Waals surface area contributed by atoms with E-state index in [-0.39, 0.29) is 11.5 Å². The third-order valence-electron chi connectivity index (χ3n) is 3.68. The number of nitrogens with zero attached hydrogens (tertiary/aromatic N) is 2. The first kappa shape index (κ1) is 17.6. The van der Waals surface area contributed by atoms with Crippen LogP contribution in [0.4, 0.5) is 11.5 Å². The Hall–Kier alpha value is -3.17. The number of aromatic nitrogens is 1. The molecule has 0 saturated heterocycles. The van der Waals surface area contributed by atoms with E-state index in [9.17, 15) is 8.42 Å². The van der Waals surface area contributed by atoms with Crippen LogP contribution in [0.2, 0.25) is 0 Å². The van der Waals surface area contributed by atoms with E-state index in [1.165, 1.54) is 0 Å². The van der Waals surface area contributed by atoms with Gasteiger partial charge in [-0.15, -0.1) is 0 Å². The van der Waals surface area contributed by atoms with Crippen LogP contribution in [0.1, 0.15) is 16.8 Å². The summed E-state index contributed by atoms with van der Waals surface area (Å²) in [6.45, 7) is 0. The molecular weight excluding hydrogens is 346 g/mol. The zero-order chi connectivity index (χ0) is 18.4. The topological polar surface area (TPSA) is 82.9 Å². The van der Waals surface area contributed by atoms with Crippen LogP contribution in [0.15, 0.2) is 72.8 Å². The van der Waals surface area contributed by atoms with Crippen LogP contribution in [0.3, 0.4) is 0 Å². The average Bonchev–Trinajstić information content (AvgIpc) is 2.62. The van der Waals surface area contributed by atoms with E-state index in [0.29, 0.717) is 17.1 Å². The Kier molecular flexibility index (Phi) is 5.30. The zero-order valence-corrected chi connectivity index (χ0v) is 14.8. The van der Waals surface area contributed by atoms with E-state index in [1.807, 2.05) is 42.5 Å². The summed E-state index contributed by atoms with van der Waals surface area (Å²) in [4.78, 5) is 4.16. The number of hydrogen-bond acceptors (Lipinski definition) is 5. The molecule has 0 fully saturated rings. The van der Waals surface area contributed by atoms with Crippen molar-refractivity contribution < 1.29 is 8.42 Å². The molecule has 1 N–H and O–H groups in total. The van der Waals surface area contributed by atoms with Gasteiger partial charge in [0.2, 0.25) is 0 Å². The largest absolute Gasteiger partial charge is 0.340 e. The second-order valence-corrected chi connectivity index (χ2v) is 7.93. The molecule has 0 unspecified atom stereocenters. The number of anilines is 2. The molecule has 0 amide bonds. The van der Waals surface area contributed by atoms with Gasteiger partial charge in [-0.1, -0.05) is 48.5 Å². The van der Waals surface area contributed by atoms with Gasteiger partial charge in [0, 0.05) is 5.69 Å². The molecule has 0 bridgehead atoms. The van der Waals surface area contributed by atoms with Crippen LogP contribution in [-0.2, 0) is 21.3 Å². The van der Waals surface area contributed by atoms with Crippen molar-refractivity contribution in [2.75, 3.05) is 5.32 Å². The maximum atomic E-state index is 12.5. The predicted molar refractivity (Wildman–Crippen MR) is 101 cm³/mol. The first-order valence-electron chi connectivity index (χ1n) is 8.01. The van der Waals surface area contributed by atoms with Gasteiger partial charge < -0.3 is 5.32 Å². The van der Waals surface area contributed by atoms with Crippen LogP contribution in [0.5, 0.6) is 0 Å². The van der Waals surface area contributed by atoms with Crippen LogP contribution in [0.25, 0.3) is 0 Å². The van der Waals surface area contributed by atoms with Crippen molar-refractivity contribution in [1.29, 1.82) is 5.26 Å². The number of benzene rings is 2. The van der Waals surface area contributed by atoms with E-state index >= 15 is 0 Å². The molecule has 3 aromatic rings. The highest BCUT2D eigenvalue weighted by atomic mass is 32.2. The number of hydrogen-bond donors (Lipinski definition) is 1. The Morgan fingerprint density at radius 1 is 0.885 bits per heavy atom. The predicted octanol–water partition coefficient (Wildman–Crippen LogP) is 3.81. The minimum absolute atomic E-state index is 0.0112. The standard InChI is InChI=1S/C20H17N3O2S/c21-13-19-10-5-11-20(23-19)22-18-9-4-8-17(12-18)15-26(24,25)14-16-6-2-1-3-7-16/h1-12H,14-15H2,(H,22,23). The monoisotopic (exact) mass is 363 g/mol. The summed E-state index contributed by atoms with van der Waals surface area (Å²) in [5, 5.41) is 12.0. The van der Waals surface area contributed by atoms with E-state index in [2.05, 4.69) is 10.3 Å². The fourth-order valence-electron chi connectivity index (χ4n) is 2.59. The Balaban J connectivity index is 1.73. The summed E-state index contributed by atoms with van der Waals surface area (Å²) < 4.78 is 24.9. The van der Waals surface area contributed by atoms with Gasteiger partial charge in [0.25, 0.3) is 0 Å². The molecule has 2 aromatic carbocycles. The molecule has 1 heterocycles. The van der Waals surface area contributed by atoms with Gasteiger partial charge >= 0.3 is 0 Å². The number of nitriles is 1. The minimum Gasteiger partial charge on any atom is -0.340 e. The molecule has 0 aliphatic heterocycles. The van der Waals surface area contributed by atoms with E-state index in [0.717, 1.165) is 11.3 Å². The third kappa shape index (κ3) is 4.91. The smallest absolute Gasteiger partial charge is 0.158 e. The minimum atomic E-state index is -3.27. The van der Waals surface area contributed by atoms with Gasteiger partial charge in [0.15, 0.2) is 9.84 Å². The summed E-state index contributed by atoms with van der Waals surface area (Å²) in [5.41, 5.74) is 2.51. The van der Waals surface area contributed by atoms with Crippen LogP contribution >= 0.6 is 0 Å². The molecular formula is C20H17N3O2S. The maximum absolute atomic E-state index is 12.5. The molecule has 0 atom stereocenters. The SMILES string of the molecule is N#Cc1cccc(Nc2cccc(CS(=O)(=O)Cc3ccccc3)c2)n1. The molecule has 5 nitrogen and oxygen atoms in total. The lowest BCUT2D eigenvalue weighted by Gasteiger charge is -2.09. The molecule has 1 aromatic heterocycles. The van der Waals surface area contributed by atoms with E-state index < -0.39 is 9.84 Å². The van der Waals surface area contributed by atoms with Crippen molar-refractivity contribution in [3.63, 3.8) is 0 Å². The quantitative estimate of drug-likeness (QED) is 0.720. The first-order valence-corrected chi connectivity index (χ1v) is 9.84. The highest BCUT2D eigenvalue weighted by Crippen LogP contribution is 2.19. The highest BCUT2D eigenvalue weighted by molar-refractivity contribution is 7.89. The Bertz CT molecular complexity index is 1040. The number of nitrogens with one attached hydrogen (secondary N) is 1. The van der Waals surface area contributed by atoms with E-state index in [4.69, 9.17) is 5.26 Å². The maximum Gasteiger partial charge on any atom is 0.158 e. The molecule has 0 aliphatic rings. The van der Waals surface area contributed by atoms with E-state index in [1.54, 1.807) is 36.4 Å². The lowest BCUT2D eigenvalue weighted by molar-refractivity contribution is 0.594. The van der Waals surface area contributed by atoms with Crippen molar-refractivity contribution >= 4 is 21.3 Å². The molecule has 26 heavy (non-hydrogen) atoms. The van der Waals surface area contributed by atoms with Crippen LogP contribution in [-0.4, -0.2) is 13.4 Å². The number of sulfone groups is 1. The van der Waals surface area contributed by atoms with Gasteiger partial charge in [-0.3, -0.25) is 0 Å². The lowest BCUT2D eigenvalue weighted by atomic mass is 10.2. The van der Waals surface area contributed by atoms with Gasteiger partial charge in [0.05, 0.1) is 11.5 Å². The summed E-state index contributed by atoms with van der Waals surface area (Å²) in [7, 11) is -3.27. The van der Waals surface area contributed by atoms with Crippen molar-refractivity contribution in [2.45, 2.75) is 11.5 Å². The van der Waals surface area contributed by atoms with Gasteiger partial charge in [-0.05, 0) is 35.4 Å². The summed E-state index contributed by atoms with van der Waals surface area (Å²) in [6, 6.07) is 23.4. The Labute approximate surface area is 152 Å².